The molecule has 4 aromatic rings. The molecule has 0 spiro atoms. The van der Waals surface area contributed by atoms with Crippen molar-refractivity contribution >= 4 is 60.0 Å². The SMILES string of the molecule is CN1CCC(c2cn(-c3nc(Cl)nc4ccsc34)c3cc(Br)ncc23)CC1. The minimum atomic E-state index is 0.270. The van der Waals surface area contributed by atoms with Gasteiger partial charge < -0.3 is 4.90 Å². The molecule has 0 amide bonds. The Labute approximate surface area is 174 Å². The van der Waals surface area contributed by atoms with E-state index in [0.717, 1.165) is 52.1 Å². The molecule has 27 heavy (non-hydrogen) atoms. The monoisotopic (exact) mass is 461 g/mol. The number of nitrogens with zero attached hydrogens (tertiary/aromatic N) is 5. The Kier molecular flexibility index (Phi) is 4.43. The molecule has 1 aliphatic heterocycles. The van der Waals surface area contributed by atoms with Crippen molar-refractivity contribution in [2.45, 2.75) is 18.8 Å². The molecule has 0 atom stereocenters. The number of likely N-dealkylation sites (tertiary alicyclic amines) is 1. The molecule has 8 heteroatoms. The van der Waals surface area contributed by atoms with Gasteiger partial charge in [-0.2, -0.15) is 4.98 Å². The molecule has 1 fully saturated rings. The molecule has 0 aromatic carbocycles. The largest absolute Gasteiger partial charge is 0.306 e. The van der Waals surface area contributed by atoms with Crippen molar-refractivity contribution in [3.05, 3.63) is 45.4 Å². The van der Waals surface area contributed by atoms with E-state index in [-0.39, 0.29) is 5.28 Å². The first-order valence-corrected chi connectivity index (χ1v) is 10.9. The van der Waals surface area contributed by atoms with Gasteiger partial charge in [0.2, 0.25) is 5.28 Å². The maximum absolute atomic E-state index is 6.23. The highest BCUT2D eigenvalue weighted by atomic mass is 79.9. The number of hydrogen-bond donors (Lipinski definition) is 0. The quantitative estimate of drug-likeness (QED) is 0.301. The van der Waals surface area contributed by atoms with Crippen molar-refractivity contribution in [2.24, 2.45) is 0 Å². The first-order chi connectivity index (χ1) is 13.1. The lowest BCUT2D eigenvalue weighted by molar-refractivity contribution is 0.256. The highest BCUT2D eigenvalue weighted by Crippen LogP contribution is 2.37. The molecule has 138 valence electrons. The molecule has 0 radical (unpaired) electrons. The number of thiophene rings is 1. The topological polar surface area (TPSA) is 46.8 Å². The Morgan fingerprint density at radius 3 is 2.89 bits per heavy atom. The summed E-state index contributed by atoms with van der Waals surface area (Å²) >= 11 is 11.4. The van der Waals surface area contributed by atoms with Gasteiger partial charge in [-0.3, -0.25) is 4.57 Å². The smallest absolute Gasteiger partial charge is 0.224 e. The van der Waals surface area contributed by atoms with E-state index >= 15 is 0 Å². The van der Waals surface area contributed by atoms with Gasteiger partial charge in [-0.05, 0) is 89.5 Å². The lowest BCUT2D eigenvalue weighted by atomic mass is 9.90. The Hall–Kier alpha value is -1.54. The molecule has 5 nitrogen and oxygen atoms in total. The van der Waals surface area contributed by atoms with Crippen molar-refractivity contribution in [3.8, 4) is 5.82 Å². The van der Waals surface area contributed by atoms with Gasteiger partial charge in [-0.1, -0.05) is 0 Å². The van der Waals surface area contributed by atoms with E-state index in [1.807, 2.05) is 17.6 Å². The van der Waals surface area contributed by atoms with Crippen LogP contribution in [-0.2, 0) is 0 Å². The minimum Gasteiger partial charge on any atom is -0.306 e. The molecule has 1 saturated heterocycles. The summed E-state index contributed by atoms with van der Waals surface area (Å²) in [6, 6.07) is 4.04. The summed E-state index contributed by atoms with van der Waals surface area (Å²) in [7, 11) is 2.19. The van der Waals surface area contributed by atoms with Crippen molar-refractivity contribution in [3.63, 3.8) is 0 Å². The maximum atomic E-state index is 6.23. The fourth-order valence-corrected chi connectivity index (χ4v) is 5.23. The van der Waals surface area contributed by atoms with Crippen molar-refractivity contribution in [2.75, 3.05) is 20.1 Å². The number of halogens is 2. The Bertz CT molecular complexity index is 1150. The molecule has 0 unspecified atom stereocenters. The average molecular weight is 463 g/mol. The molecule has 0 saturated carbocycles. The summed E-state index contributed by atoms with van der Waals surface area (Å²) in [5, 5.41) is 3.49. The van der Waals surface area contributed by atoms with Gasteiger partial charge in [0.05, 0.1) is 15.7 Å². The predicted octanol–water partition coefficient (Wildman–Crippen LogP) is 5.26. The van der Waals surface area contributed by atoms with Gasteiger partial charge in [0.15, 0.2) is 5.82 Å². The number of piperidine rings is 1. The van der Waals surface area contributed by atoms with Crippen LogP contribution < -0.4 is 0 Å². The van der Waals surface area contributed by atoms with Crippen LogP contribution in [0.2, 0.25) is 5.28 Å². The van der Waals surface area contributed by atoms with Crippen LogP contribution in [0.15, 0.2) is 34.5 Å². The van der Waals surface area contributed by atoms with Crippen LogP contribution >= 0.6 is 38.9 Å². The zero-order valence-corrected chi connectivity index (χ0v) is 17.9. The third-order valence-corrected chi connectivity index (χ3v) is 6.83. The summed E-state index contributed by atoms with van der Waals surface area (Å²) in [6.45, 7) is 2.24. The zero-order chi connectivity index (χ0) is 18.5. The predicted molar refractivity (Wildman–Crippen MR) is 114 cm³/mol. The van der Waals surface area contributed by atoms with Gasteiger partial charge in [0.1, 0.15) is 4.60 Å². The zero-order valence-electron chi connectivity index (χ0n) is 14.7. The highest BCUT2D eigenvalue weighted by Gasteiger charge is 2.24. The average Bonchev–Trinajstić information content (AvgIpc) is 3.26. The maximum Gasteiger partial charge on any atom is 0.224 e. The fraction of sp³-hybridized carbons (Fsp3) is 0.316. The van der Waals surface area contributed by atoms with Gasteiger partial charge in [0, 0.05) is 17.8 Å². The molecule has 0 bridgehead atoms. The number of aromatic nitrogens is 4. The van der Waals surface area contributed by atoms with E-state index in [1.54, 1.807) is 11.3 Å². The molecular weight excluding hydrogens is 446 g/mol. The van der Waals surface area contributed by atoms with E-state index in [1.165, 1.54) is 10.9 Å². The summed E-state index contributed by atoms with van der Waals surface area (Å²) < 4.78 is 4.01. The molecule has 0 aliphatic carbocycles. The molecule has 0 N–H and O–H groups in total. The van der Waals surface area contributed by atoms with Gasteiger partial charge in [-0.15, -0.1) is 11.3 Å². The molecule has 5 heterocycles. The van der Waals surface area contributed by atoms with Crippen molar-refractivity contribution in [1.82, 2.24) is 24.4 Å². The lowest BCUT2D eigenvalue weighted by Crippen LogP contribution is -2.29. The summed E-state index contributed by atoms with van der Waals surface area (Å²) in [6.07, 6.45) is 6.51. The van der Waals surface area contributed by atoms with Crippen LogP contribution in [-0.4, -0.2) is 44.6 Å². The van der Waals surface area contributed by atoms with E-state index < -0.39 is 0 Å². The number of rotatable bonds is 2. The van der Waals surface area contributed by atoms with Crippen LogP contribution in [0.5, 0.6) is 0 Å². The Morgan fingerprint density at radius 1 is 1.26 bits per heavy atom. The van der Waals surface area contributed by atoms with Crippen LogP contribution in [0.25, 0.3) is 26.9 Å². The van der Waals surface area contributed by atoms with E-state index in [2.05, 4.69) is 59.7 Å². The first kappa shape index (κ1) is 17.6. The second-order valence-electron chi connectivity index (χ2n) is 7.01. The van der Waals surface area contributed by atoms with Crippen LogP contribution in [0.4, 0.5) is 0 Å². The van der Waals surface area contributed by atoms with Crippen molar-refractivity contribution < 1.29 is 0 Å². The molecule has 5 rings (SSSR count). The fourth-order valence-electron chi connectivity index (χ4n) is 3.92. The number of fused-ring (bicyclic) bond motifs is 2. The number of pyridine rings is 1. The summed E-state index contributed by atoms with van der Waals surface area (Å²) in [5.74, 6) is 1.37. The summed E-state index contributed by atoms with van der Waals surface area (Å²) in [5.41, 5.74) is 3.32. The third kappa shape index (κ3) is 3.06. The second kappa shape index (κ2) is 6.81. The van der Waals surface area contributed by atoms with Crippen LogP contribution in [0, 0.1) is 0 Å². The van der Waals surface area contributed by atoms with Crippen LogP contribution in [0.3, 0.4) is 0 Å². The molecule has 1 aliphatic rings. The third-order valence-electron chi connectivity index (χ3n) is 5.33. The van der Waals surface area contributed by atoms with Crippen LogP contribution in [0.1, 0.15) is 24.3 Å². The molecule has 4 aromatic heterocycles. The van der Waals surface area contributed by atoms with E-state index in [4.69, 9.17) is 11.6 Å². The summed E-state index contributed by atoms with van der Waals surface area (Å²) in [4.78, 5) is 15.8. The highest BCUT2D eigenvalue weighted by molar-refractivity contribution is 9.10. The van der Waals surface area contributed by atoms with Crippen molar-refractivity contribution in [1.29, 1.82) is 0 Å². The van der Waals surface area contributed by atoms with Gasteiger partial charge in [-0.25, -0.2) is 9.97 Å². The van der Waals surface area contributed by atoms with Gasteiger partial charge in [0.25, 0.3) is 0 Å². The Morgan fingerprint density at radius 2 is 2.07 bits per heavy atom. The second-order valence-corrected chi connectivity index (χ2v) is 9.07. The minimum absolute atomic E-state index is 0.270. The normalized spacial score (nSPS) is 16.6. The standard InChI is InChI=1S/C19H17BrClN5S/c1-25-5-2-11(3-6-25)13-10-26(15-8-16(20)22-9-12(13)15)18-17-14(4-7-27-17)23-19(21)24-18/h4,7-11H,2-3,5-6H2,1H3. The number of hydrogen-bond acceptors (Lipinski definition) is 5. The van der Waals surface area contributed by atoms with E-state index in [9.17, 15) is 0 Å². The Balaban J connectivity index is 1.75. The lowest BCUT2D eigenvalue weighted by Gasteiger charge is -2.28. The van der Waals surface area contributed by atoms with Gasteiger partial charge >= 0.3 is 0 Å². The first-order valence-electron chi connectivity index (χ1n) is 8.86. The molecular formula is C19H17BrClN5S. The van der Waals surface area contributed by atoms with E-state index in [0.29, 0.717) is 5.92 Å².